The lowest BCUT2D eigenvalue weighted by molar-refractivity contribution is 0.0137. The second kappa shape index (κ2) is 10.1. The van der Waals surface area contributed by atoms with E-state index in [1.165, 1.54) is 44.3 Å². The topological polar surface area (TPSA) is 35.2 Å². The van der Waals surface area contributed by atoms with Gasteiger partial charge in [0.25, 0.3) is 0 Å². The van der Waals surface area contributed by atoms with Crippen LogP contribution in [0.25, 0.3) is 0 Å². The van der Waals surface area contributed by atoms with Crippen molar-refractivity contribution in [3.05, 3.63) is 0 Å². The van der Waals surface area contributed by atoms with Crippen LogP contribution in [0.1, 0.15) is 52.4 Å². The molecule has 0 aromatic rings. The van der Waals surface area contributed by atoms with Gasteiger partial charge < -0.3 is 10.5 Å². The molecule has 2 N–H and O–H groups in total. The summed E-state index contributed by atoms with van der Waals surface area (Å²) in [4.78, 5) is 0. The van der Waals surface area contributed by atoms with E-state index >= 15 is 0 Å². The quantitative estimate of drug-likeness (QED) is 0.541. The first kappa shape index (κ1) is 16.3. The molecule has 0 heterocycles. The van der Waals surface area contributed by atoms with Crippen molar-refractivity contribution in [1.82, 2.24) is 0 Å². The minimum Gasteiger partial charge on any atom is -0.378 e. The zero-order valence-corrected chi connectivity index (χ0v) is 13.0. The Labute approximate surface area is 117 Å². The summed E-state index contributed by atoms with van der Waals surface area (Å²) in [7, 11) is 0. The molecule has 1 fully saturated rings. The molecule has 0 bridgehead atoms. The summed E-state index contributed by atoms with van der Waals surface area (Å²) < 4.78 is 6.10. The highest BCUT2D eigenvalue weighted by Crippen LogP contribution is 2.30. The predicted molar refractivity (Wildman–Crippen MR) is 82.1 cm³/mol. The number of hydrogen-bond donors (Lipinski definition) is 1. The molecule has 18 heavy (non-hydrogen) atoms. The molecule has 108 valence electrons. The fourth-order valence-electron chi connectivity index (χ4n) is 2.75. The highest BCUT2D eigenvalue weighted by molar-refractivity contribution is 7.99. The third-order valence-corrected chi connectivity index (χ3v) is 5.23. The van der Waals surface area contributed by atoms with Crippen LogP contribution in [-0.2, 0) is 4.74 Å². The Hall–Kier alpha value is 0.270. The lowest BCUT2D eigenvalue weighted by Crippen LogP contribution is -2.21. The Kier molecular flexibility index (Phi) is 9.16. The number of thioether (sulfide) groups is 1. The summed E-state index contributed by atoms with van der Waals surface area (Å²) in [6, 6.07) is 0. The Morgan fingerprint density at radius 3 is 2.67 bits per heavy atom. The maximum Gasteiger partial charge on any atom is 0.0600 e. The predicted octanol–water partition coefficient (Wildman–Crippen LogP) is 3.69. The summed E-state index contributed by atoms with van der Waals surface area (Å²) in [5.74, 6) is 3.97. The first-order valence-electron chi connectivity index (χ1n) is 7.67. The molecule has 3 atom stereocenters. The van der Waals surface area contributed by atoms with E-state index in [0.29, 0.717) is 6.10 Å². The van der Waals surface area contributed by atoms with Gasteiger partial charge in [0.15, 0.2) is 0 Å². The molecule has 0 saturated heterocycles. The highest BCUT2D eigenvalue weighted by atomic mass is 32.2. The maximum atomic E-state index is 6.10. The van der Waals surface area contributed by atoms with Gasteiger partial charge in [0, 0.05) is 18.9 Å². The molecule has 1 rings (SSSR count). The minimum absolute atomic E-state index is 0.515. The maximum absolute atomic E-state index is 6.10. The summed E-state index contributed by atoms with van der Waals surface area (Å²) in [5, 5.41) is 0. The molecule has 0 radical (unpaired) electrons. The van der Waals surface area contributed by atoms with Gasteiger partial charge >= 0.3 is 0 Å². The van der Waals surface area contributed by atoms with E-state index in [4.69, 9.17) is 10.5 Å². The number of hydrogen-bond acceptors (Lipinski definition) is 3. The van der Waals surface area contributed by atoms with Gasteiger partial charge in [0.1, 0.15) is 0 Å². The van der Waals surface area contributed by atoms with E-state index in [-0.39, 0.29) is 0 Å². The van der Waals surface area contributed by atoms with Gasteiger partial charge in [-0.05, 0) is 43.3 Å². The summed E-state index contributed by atoms with van der Waals surface area (Å²) in [6.45, 7) is 6.42. The first-order valence-corrected chi connectivity index (χ1v) is 8.82. The van der Waals surface area contributed by atoms with Gasteiger partial charge in [-0.15, -0.1) is 0 Å². The second-order valence-electron chi connectivity index (χ2n) is 5.57. The first-order chi connectivity index (χ1) is 8.77. The Morgan fingerprint density at radius 1 is 1.17 bits per heavy atom. The molecule has 0 amide bonds. The lowest BCUT2D eigenvalue weighted by atomic mass is 9.97. The Morgan fingerprint density at radius 2 is 1.94 bits per heavy atom. The van der Waals surface area contributed by atoms with Gasteiger partial charge in [-0.2, -0.15) is 11.8 Å². The lowest BCUT2D eigenvalue weighted by Gasteiger charge is -2.21. The van der Waals surface area contributed by atoms with Crippen LogP contribution in [0.5, 0.6) is 0 Å². The molecular weight excluding hydrogens is 242 g/mol. The van der Waals surface area contributed by atoms with Crippen LogP contribution in [-0.4, -0.2) is 30.8 Å². The van der Waals surface area contributed by atoms with Crippen molar-refractivity contribution in [2.45, 2.75) is 58.5 Å². The third-order valence-electron chi connectivity index (χ3n) is 4.13. The summed E-state index contributed by atoms with van der Waals surface area (Å²) >= 11 is 1.94. The van der Waals surface area contributed by atoms with Crippen molar-refractivity contribution in [2.24, 2.45) is 17.6 Å². The SMILES string of the molecule is CCC1CCC(C)C(OCCCSCCN)CC1. The normalized spacial score (nSPS) is 29.2. The van der Waals surface area contributed by atoms with Gasteiger partial charge in [-0.3, -0.25) is 0 Å². The van der Waals surface area contributed by atoms with E-state index in [0.717, 1.165) is 30.7 Å². The van der Waals surface area contributed by atoms with E-state index in [1.54, 1.807) is 0 Å². The smallest absolute Gasteiger partial charge is 0.0600 e. The minimum atomic E-state index is 0.515. The Bertz CT molecular complexity index is 201. The van der Waals surface area contributed by atoms with Crippen molar-refractivity contribution in [3.63, 3.8) is 0 Å². The largest absolute Gasteiger partial charge is 0.378 e. The van der Waals surface area contributed by atoms with Gasteiger partial charge in [-0.25, -0.2) is 0 Å². The molecule has 3 heteroatoms. The molecule has 0 aromatic heterocycles. The summed E-state index contributed by atoms with van der Waals surface area (Å²) in [6.07, 6.45) is 8.43. The third kappa shape index (κ3) is 6.44. The van der Waals surface area contributed by atoms with Crippen molar-refractivity contribution in [3.8, 4) is 0 Å². The number of rotatable bonds is 8. The standard InChI is InChI=1S/C15H31NOS/c1-3-14-6-5-13(2)15(8-7-14)17-10-4-11-18-12-9-16/h13-15H,3-12,16H2,1-2H3. The average Bonchev–Trinajstić information content (AvgIpc) is 2.56. The van der Waals surface area contributed by atoms with Crippen molar-refractivity contribution < 1.29 is 4.74 Å². The van der Waals surface area contributed by atoms with Crippen LogP contribution in [0.4, 0.5) is 0 Å². The average molecular weight is 273 g/mol. The number of nitrogens with two attached hydrogens (primary N) is 1. The van der Waals surface area contributed by atoms with Crippen LogP contribution in [0.3, 0.4) is 0 Å². The molecule has 0 aromatic carbocycles. The molecule has 1 aliphatic rings. The second-order valence-corrected chi connectivity index (χ2v) is 6.79. The number of ether oxygens (including phenoxy) is 1. The molecular formula is C15H31NOS. The molecule has 0 aliphatic heterocycles. The van der Waals surface area contributed by atoms with E-state index in [9.17, 15) is 0 Å². The van der Waals surface area contributed by atoms with Crippen LogP contribution in [0, 0.1) is 11.8 Å². The fourth-order valence-corrected chi connectivity index (χ4v) is 3.44. The highest BCUT2D eigenvalue weighted by Gasteiger charge is 2.24. The van der Waals surface area contributed by atoms with Crippen molar-refractivity contribution in [2.75, 3.05) is 24.7 Å². The van der Waals surface area contributed by atoms with E-state index in [1.807, 2.05) is 11.8 Å². The fraction of sp³-hybridized carbons (Fsp3) is 1.00. The van der Waals surface area contributed by atoms with Crippen LogP contribution in [0.2, 0.25) is 0 Å². The molecule has 2 nitrogen and oxygen atoms in total. The molecule has 1 saturated carbocycles. The zero-order chi connectivity index (χ0) is 13.2. The van der Waals surface area contributed by atoms with Gasteiger partial charge in [0.05, 0.1) is 6.10 Å². The van der Waals surface area contributed by atoms with Gasteiger partial charge in [-0.1, -0.05) is 26.7 Å². The zero-order valence-electron chi connectivity index (χ0n) is 12.2. The van der Waals surface area contributed by atoms with Crippen LogP contribution in [0.15, 0.2) is 0 Å². The molecule has 3 unspecified atom stereocenters. The van der Waals surface area contributed by atoms with E-state index in [2.05, 4.69) is 13.8 Å². The summed E-state index contributed by atoms with van der Waals surface area (Å²) in [5.41, 5.74) is 5.47. The van der Waals surface area contributed by atoms with Crippen LogP contribution < -0.4 is 5.73 Å². The Balaban J connectivity index is 2.12. The molecule has 1 aliphatic carbocycles. The molecule has 0 spiro atoms. The van der Waals surface area contributed by atoms with Gasteiger partial charge in [0.2, 0.25) is 0 Å². The monoisotopic (exact) mass is 273 g/mol. The van der Waals surface area contributed by atoms with Crippen LogP contribution >= 0.6 is 11.8 Å². The van der Waals surface area contributed by atoms with E-state index < -0.39 is 0 Å². The van der Waals surface area contributed by atoms with Crippen molar-refractivity contribution in [1.29, 1.82) is 0 Å². The van der Waals surface area contributed by atoms with Crippen molar-refractivity contribution >= 4 is 11.8 Å².